The first-order valence-electron chi connectivity index (χ1n) is 3.99. The second kappa shape index (κ2) is 3.23. The lowest BCUT2D eigenvalue weighted by Gasteiger charge is -2.01. The van der Waals surface area contributed by atoms with Crippen molar-refractivity contribution in [2.24, 2.45) is 7.05 Å². The summed E-state index contributed by atoms with van der Waals surface area (Å²) >= 11 is 2.08. The average molecular weight is 302 g/mol. The van der Waals surface area contributed by atoms with Crippen LogP contribution in [0.3, 0.4) is 0 Å². The average Bonchev–Trinajstić information content (AvgIpc) is 2.17. The van der Waals surface area contributed by atoms with Crippen LogP contribution in [0.5, 0.6) is 0 Å². The van der Waals surface area contributed by atoms with Gasteiger partial charge in [0.2, 0.25) is 0 Å². The Kier molecular flexibility index (Phi) is 2.18. The number of aromatic nitrogens is 2. The van der Waals surface area contributed by atoms with E-state index in [1.165, 1.54) is 7.05 Å². The van der Waals surface area contributed by atoms with Crippen molar-refractivity contribution in [2.45, 2.75) is 0 Å². The van der Waals surface area contributed by atoms with Crippen molar-refractivity contribution in [1.29, 1.82) is 0 Å². The molecule has 0 fully saturated rings. The summed E-state index contributed by atoms with van der Waals surface area (Å²) in [5, 5.41) is 0.541. The number of halogens is 1. The highest BCUT2D eigenvalue weighted by atomic mass is 127. The van der Waals surface area contributed by atoms with Crippen LogP contribution in [0.25, 0.3) is 10.9 Å². The summed E-state index contributed by atoms with van der Waals surface area (Å²) < 4.78 is 1.94. The lowest BCUT2D eigenvalue weighted by atomic mass is 10.2. The number of hydrogen-bond acceptors (Lipinski definition) is 2. The molecular formula is C9H7IN2O2. The van der Waals surface area contributed by atoms with Crippen molar-refractivity contribution in [1.82, 2.24) is 9.55 Å². The van der Waals surface area contributed by atoms with Crippen LogP contribution in [0.4, 0.5) is 0 Å². The number of H-pyrrole nitrogens is 1. The second-order valence-corrected chi connectivity index (χ2v) is 4.12. The van der Waals surface area contributed by atoms with Crippen LogP contribution in [0.1, 0.15) is 0 Å². The highest BCUT2D eigenvalue weighted by Gasteiger charge is 2.05. The summed E-state index contributed by atoms with van der Waals surface area (Å²) in [5.74, 6) is 0. The van der Waals surface area contributed by atoms with Gasteiger partial charge >= 0.3 is 5.69 Å². The number of benzene rings is 1. The third-order valence-corrected chi connectivity index (χ3v) is 2.98. The molecule has 0 aliphatic rings. The Morgan fingerprint density at radius 2 is 2.07 bits per heavy atom. The molecule has 0 aliphatic carbocycles. The van der Waals surface area contributed by atoms with Gasteiger partial charge in [0.1, 0.15) is 0 Å². The fourth-order valence-corrected chi connectivity index (χ4v) is 1.93. The highest BCUT2D eigenvalue weighted by molar-refractivity contribution is 14.1. The van der Waals surface area contributed by atoms with Crippen LogP contribution < -0.4 is 11.2 Å². The van der Waals surface area contributed by atoms with Crippen LogP contribution in [0, 0.1) is 3.57 Å². The van der Waals surface area contributed by atoms with Gasteiger partial charge in [0, 0.05) is 10.6 Å². The van der Waals surface area contributed by atoms with Crippen LogP contribution >= 0.6 is 22.6 Å². The molecule has 0 atom stereocenters. The first-order valence-corrected chi connectivity index (χ1v) is 5.06. The van der Waals surface area contributed by atoms with Gasteiger partial charge in [-0.05, 0) is 34.7 Å². The standard InChI is InChI=1S/C9H7IN2O2/c1-12-8(13)5-3-2-4-6(10)7(5)11-9(12)14/h2-4H,1H3,(H,11,14). The van der Waals surface area contributed by atoms with Gasteiger partial charge in [0.25, 0.3) is 5.56 Å². The Hall–Kier alpha value is -1.11. The van der Waals surface area contributed by atoms with Crippen molar-refractivity contribution in [3.05, 3.63) is 42.6 Å². The minimum Gasteiger partial charge on any atom is -0.306 e. The third kappa shape index (κ3) is 1.28. The van der Waals surface area contributed by atoms with Gasteiger partial charge in [-0.3, -0.25) is 9.36 Å². The second-order valence-electron chi connectivity index (χ2n) is 2.96. The monoisotopic (exact) mass is 302 g/mol. The zero-order valence-electron chi connectivity index (χ0n) is 7.37. The van der Waals surface area contributed by atoms with Crippen molar-refractivity contribution in [3.8, 4) is 0 Å². The van der Waals surface area contributed by atoms with Gasteiger partial charge < -0.3 is 4.98 Å². The normalized spacial score (nSPS) is 10.7. The Bertz CT molecular complexity index is 612. The molecular weight excluding hydrogens is 295 g/mol. The number of nitrogens with zero attached hydrogens (tertiary/aromatic N) is 1. The minimum atomic E-state index is -0.383. The molecule has 0 unspecified atom stereocenters. The first-order chi connectivity index (χ1) is 6.61. The van der Waals surface area contributed by atoms with Gasteiger partial charge in [-0.2, -0.15) is 0 Å². The molecule has 5 heteroatoms. The smallest absolute Gasteiger partial charge is 0.306 e. The maximum Gasteiger partial charge on any atom is 0.328 e. The Morgan fingerprint density at radius 3 is 2.79 bits per heavy atom. The fraction of sp³-hybridized carbons (Fsp3) is 0.111. The number of aromatic amines is 1. The minimum absolute atomic E-state index is 0.262. The van der Waals surface area contributed by atoms with E-state index in [1.54, 1.807) is 12.1 Å². The molecule has 0 saturated heterocycles. The van der Waals surface area contributed by atoms with Crippen molar-refractivity contribution in [2.75, 3.05) is 0 Å². The largest absolute Gasteiger partial charge is 0.328 e. The molecule has 72 valence electrons. The summed E-state index contributed by atoms with van der Waals surface area (Å²) in [7, 11) is 1.46. The molecule has 0 aliphatic heterocycles. The van der Waals surface area contributed by atoms with Crippen molar-refractivity contribution in [3.63, 3.8) is 0 Å². The summed E-state index contributed by atoms with van der Waals surface area (Å²) in [6.07, 6.45) is 0. The quantitative estimate of drug-likeness (QED) is 0.733. The number of rotatable bonds is 0. The molecule has 2 rings (SSSR count). The molecule has 14 heavy (non-hydrogen) atoms. The first kappa shape index (κ1) is 9.45. The van der Waals surface area contributed by atoms with E-state index in [0.29, 0.717) is 10.9 Å². The Balaban J connectivity index is 3.14. The molecule has 1 aromatic heterocycles. The van der Waals surface area contributed by atoms with Crippen molar-refractivity contribution >= 4 is 33.5 Å². The zero-order chi connectivity index (χ0) is 10.3. The number of para-hydroxylation sites is 1. The Morgan fingerprint density at radius 1 is 1.36 bits per heavy atom. The van der Waals surface area contributed by atoms with Crippen molar-refractivity contribution < 1.29 is 0 Å². The number of fused-ring (bicyclic) bond motifs is 1. The lowest BCUT2D eigenvalue weighted by molar-refractivity contribution is 0.793. The number of nitrogens with one attached hydrogen (secondary N) is 1. The topological polar surface area (TPSA) is 54.9 Å². The maximum absolute atomic E-state index is 11.6. The van der Waals surface area contributed by atoms with Gasteiger partial charge in [0.15, 0.2) is 0 Å². The summed E-state index contributed by atoms with van der Waals surface area (Å²) in [6.45, 7) is 0. The van der Waals surface area contributed by atoms with Crippen LogP contribution in [-0.2, 0) is 7.05 Å². The predicted molar refractivity (Wildman–Crippen MR) is 62.5 cm³/mol. The molecule has 1 aromatic carbocycles. The van der Waals surface area contributed by atoms with Crippen LogP contribution in [0.15, 0.2) is 27.8 Å². The molecule has 0 spiro atoms. The van der Waals surface area contributed by atoms with Gasteiger partial charge in [-0.1, -0.05) is 6.07 Å². The highest BCUT2D eigenvalue weighted by Crippen LogP contribution is 2.13. The molecule has 1 heterocycles. The summed E-state index contributed by atoms with van der Waals surface area (Å²) in [4.78, 5) is 25.6. The molecule has 0 amide bonds. The molecule has 0 bridgehead atoms. The number of hydrogen-bond donors (Lipinski definition) is 1. The maximum atomic E-state index is 11.6. The third-order valence-electron chi connectivity index (χ3n) is 2.09. The van der Waals surface area contributed by atoms with E-state index in [2.05, 4.69) is 27.6 Å². The molecule has 4 nitrogen and oxygen atoms in total. The van der Waals surface area contributed by atoms with Crippen LogP contribution in [0.2, 0.25) is 0 Å². The van der Waals surface area contributed by atoms with Gasteiger partial charge in [-0.25, -0.2) is 4.79 Å². The van der Waals surface area contributed by atoms with E-state index in [1.807, 2.05) is 6.07 Å². The predicted octanol–water partition coefficient (Wildman–Crippen LogP) is 0.831. The van der Waals surface area contributed by atoms with E-state index in [9.17, 15) is 9.59 Å². The van der Waals surface area contributed by atoms with E-state index in [-0.39, 0.29) is 11.2 Å². The summed E-state index contributed by atoms with van der Waals surface area (Å²) in [5.41, 5.74) is -0.0323. The van der Waals surface area contributed by atoms with E-state index >= 15 is 0 Å². The fourth-order valence-electron chi connectivity index (χ4n) is 1.29. The molecule has 0 saturated carbocycles. The van der Waals surface area contributed by atoms with Gasteiger partial charge in [0.05, 0.1) is 10.9 Å². The van der Waals surface area contributed by atoms with E-state index in [0.717, 1.165) is 8.14 Å². The SMILES string of the molecule is Cn1c(=O)[nH]c2c(I)cccc2c1=O. The Labute approximate surface area is 92.7 Å². The lowest BCUT2D eigenvalue weighted by Crippen LogP contribution is -2.32. The molecule has 2 aromatic rings. The molecule has 1 N–H and O–H groups in total. The van der Waals surface area contributed by atoms with Gasteiger partial charge in [-0.15, -0.1) is 0 Å². The summed E-state index contributed by atoms with van der Waals surface area (Å²) in [6, 6.07) is 5.35. The van der Waals surface area contributed by atoms with E-state index in [4.69, 9.17) is 0 Å². The zero-order valence-corrected chi connectivity index (χ0v) is 9.53. The molecule has 0 radical (unpaired) electrons. The van der Waals surface area contributed by atoms with E-state index < -0.39 is 0 Å². The van der Waals surface area contributed by atoms with Crippen LogP contribution in [-0.4, -0.2) is 9.55 Å².